The van der Waals surface area contributed by atoms with Crippen LogP contribution in [0.15, 0.2) is 54.6 Å². The first kappa shape index (κ1) is 23.0. The molecule has 4 nitrogen and oxygen atoms in total. The van der Waals surface area contributed by atoms with Gasteiger partial charge in [-0.05, 0) is 50.3 Å². The highest BCUT2D eigenvalue weighted by Gasteiger charge is 2.28. The molecule has 0 saturated heterocycles. The Balaban J connectivity index is 2.13. The SMILES string of the molecule is CC[C@H](C(=O)NC(C)C)N(CCc1ccccc1)C(=O)CCc1ccccc1Cl. The molecular formula is C24H31ClN2O2. The summed E-state index contributed by atoms with van der Waals surface area (Å²) >= 11 is 6.24. The van der Waals surface area contributed by atoms with Gasteiger partial charge in [-0.1, -0.05) is 67.1 Å². The van der Waals surface area contributed by atoms with Crippen molar-refractivity contribution in [3.63, 3.8) is 0 Å². The molecule has 0 aromatic heterocycles. The van der Waals surface area contributed by atoms with Crippen LogP contribution in [0.2, 0.25) is 5.02 Å². The number of carbonyl (C=O) groups excluding carboxylic acids is 2. The molecule has 1 N–H and O–H groups in total. The molecule has 1 atom stereocenters. The molecule has 0 bridgehead atoms. The topological polar surface area (TPSA) is 49.4 Å². The van der Waals surface area contributed by atoms with Crippen LogP contribution in [0.4, 0.5) is 0 Å². The van der Waals surface area contributed by atoms with Crippen molar-refractivity contribution in [1.29, 1.82) is 0 Å². The molecule has 0 radical (unpaired) electrons. The van der Waals surface area contributed by atoms with Gasteiger partial charge in [0.25, 0.3) is 0 Å². The van der Waals surface area contributed by atoms with Crippen molar-refractivity contribution < 1.29 is 9.59 Å². The Labute approximate surface area is 179 Å². The summed E-state index contributed by atoms with van der Waals surface area (Å²) in [5.41, 5.74) is 2.10. The van der Waals surface area contributed by atoms with Crippen LogP contribution in [0.5, 0.6) is 0 Å². The molecule has 0 aliphatic heterocycles. The summed E-state index contributed by atoms with van der Waals surface area (Å²) < 4.78 is 0. The summed E-state index contributed by atoms with van der Waals surface area (Å²) in [4.78, 5) is 27.6. The zero-order valence-corrected chi connectivity index (χ0v) is 18.3. The van der Waals surface area contributed by atoms with E-state index in [1.807, 2.05) is 75.4 Å². The molecule has 0 spiro atoms. The number of aryl methyl sites for hydroxylation is 1. The maximum atomic E-state index is 13.1. The summed E-state index contributed by atoms with van der Waals surface area (Å²) in [7, 11) is 0. The summed E-state index contributed by atoms with van der Waals surface area (Å²) in [5.74, 6) is -0.117. The molecule has 2 amide bonds. The van der Waals surface area contributed by atoms with E-state index in [1.54, 1.807) is 4.90 Å². The molecule has 156 valence electrons. The number of halogens is 1. The second-order valence-corrected chi connectivity index (χ2v) is 7.91. The number of carbonyl (C=O) groups is 2. The van der Waals surface area contributed by atoms with Gasteiger partial charge in [0.1, 0.15) is 6.04 Å². The number of benzene rings is 2. The number of hydrogen-bond donors (Lipinski definition) is 1. The van der Waals surface area contributed by atoms with E-state index in [0.717, 1.165) is 11.1 Å². The first-order valence-electron chi connectivity index (χ1n) is 10.3. The van der Waals surface area contributed by atoms with E-state index >= 15 is 0 Å². The minimum absolute atomic E-state index is 0.0217. The number of nitrogens with zero attached hydrogens (tertiary/aromatic N) is 1. The van der Waals surface area contributed by atoms with Crippen molar-refractivity contribution in [2.75, 3.05) is 6.54 Å². The first-order chi connectivity index (χ1) is 13.9. The molecule has 0 aliphatic carbocycles. The third-order valence-corrected chi connectivity index (χ3v) is 5.24. The lowest BCUT2D eigenvalue weighted by Crippen LogP contribution is -2.51. The van der Waals surface area contributed by atoms with E-state index in [4.69, 9.17) is 11.6 Å². The van der Waals surface area contributed by atoms with Crippen molar-refractivity contribution in [1.82, 2.24) is 10.2 Å². The Bertz CT molecular complexity index is 792. The highest BCUT2D eigenvalue weighted by atomic mass is 35.5. The van der Waals surface area contributed by atoms with E-state index in [-0.39, 0.29) is 17.9 Å². The van der Waals surface area contributed by atoms with Gasteiger partial charge in [0.05, 0.1) is 0 Å². The largest absolute Gasteiger partial charge is 0.352 e. The number of amides is 2. The van der Waals surface area contributed by atoms with Crippen molar-refractivity contribution in [2.24, 2.45) is 0 Å². The minimum atomic E-state index is -0.472. The highest BCUT2D eigenvalue weighted by Crippen LogP contribution is 2.18. The molecule has 0 saturated carbocycles. The lowest BCUT2D eigenvalue weighted by molar-refractivity contribution is -0.140. The third kappa shape index (κ3) is 7.21. The molecular weight excluding hydrogens is 384 g/mol. The summed E-state index contributed by atoms with van der Waals surface area (Å²) in [5, 5.41) is 3.62. The summed E-state index contributed by atoms with van der Waals surface area (Å²) in [6.45, 7) is 6.31. The van der Waals surface area contributed by atoms with E-state index < -0.39 is 6.04 Å². The molecule has 0 fully saturated rings. The fourth-order valence-corrected chi connectivity index (χ4v) is 3.59. The summed E-state index contributed by atoms with van der Waals surface area (Å²) in [6, 6.07) is 17.2. The van der Waals surface area contributed by atoms with Crippen LogP contribution in [0, 0.1) is 0 Å². The average Bonchev–Trinajstić information content (AvgIpc) is 2.70. The molecule has 0 unspecified atom stereocenters. The van der Waals surface area contributed by atoms with Crippen LogP contribution >= 0.6 is 11.6 Å². The zero-order chi connectivity index (χ0) is 21.2. The monoisotopic (exact) mass is 414 g/mol. The van der Waals surface area contributed by atoms with Gasteiger partial charge in [-0.25, -0.2) is 0 Å². The third-order valence-electron chi connectivity index (χ3n) is 4.87. The Kier molecular flexibility index (Phi) is 9.20. The predicted octanol–water partition coefficient (Wildman–Crippen LogP) is 4.65. The Hall–Kier alpha value is -2.33. The van der Waals surface area contributed by atoms with Crippen molar-refractivity contribution in [2.45, 2.75) is 58.5 Å². The maximum Gasteiger partial charge on any atom is 0.242 e. The van der Waals surface area contributed by atoms with Crippen LogP contribution in [-0.2, 0) is 22.4 Å². The van der Waals surface area contributed by atoms with Gasteiger partial charge in [-0.2, -0.15) is 0 Å². The first-order valence-corrected chi connectivity index (χ1v) is 10.7. The molecule has 2 aromatic rings. The van der Waals surface area contributed by atoms with E-state index in [0.29, 0.717) is 37.3 Å². The Morgan fingerprint density at radius 2 is 1.66 bits per heavy atom. The summed E-state index contributed by atoms with van der Waals surface area (Å²) in [6.07, 6.45) is 2.17. The van der Waals surface area contributed by atoms with Gasteiger partial charge >= 0.3 is 0 Å². The van der Waals surface area contributed by atoms with Crippen molar-refractivity contribution in [3.05, 3.63) is 70.7 Å². The molecule has 2 rings (SSSR count). The van der Waals surface area contributed by atoms with Gasteiger partial charge in [-0.3, -0.25) is 9.59 Å². The quantitative estimate of drug-likeness (QED) is 0.615. The molecule has 0 aliphatic rings. The standard InChI is InChI=1S/C24H31ClN2O2/c1-4-22(24(29)26-18(2)3)27(17-16-19-10-6-5-7-11-19)23(28)15-14-20-12-8-9-13-21(20)25/h5-13,18,22H,4,14-17H2,1-3H3,(H,26,29)/t22-/m1/s1. The number of nitrogens with one attached hydrogen (secondary N) is 1. The van der Waals surface area contributed by atoms with E-state index in [2.05, 4.69) is 5.32 Å². The predicted molar refractivity (Wildman–Crippen MR) is 119 cm³/mol. The Morgan fingerprint density at radius 3 is 2.28 bits per heavy atom. The van der Waals surface area contributed by atoms with Crippen molar-refractivity contribution in [3.8, 4) is 0 Å². The van der Waals surface area contributed by atoms with Crippen molar-refractivity contribution >= 4 is 23.4 Å². The van der Waals surface area contributed by atoms with Gasteiger partial charge in [-0.15, -0.1) is 0 Å². The molecule has 0 heterocycles. The van der Waals surface area contributed by atoms with Gasteiger partial charge in [0, 0.05) is 24.0 Å². The number of rotatable bonds is 10. The lowest BCUT2D eigenvalue weighted by atomic mass is 10.1. The van der Waals surface area contributed by atoms with Crippen LogP contribution in [0.1, 0.15) is 44.7 Å². The fraction of sp³-hybridized carbons (Fsp3) is 0.417. The smallest absolute Gasteiger partial charge is 0.242 e. The second-order valence-electron chi connectivity index (χ2n) is 7.50. The lowest BCUT2D eigenvalue weighted by Gasteiger charge is -2.31. The minimum Gasteiger partial charge on any atom is -0.352 e. The normalized spacial score (nSPS) is 11.9. The molecule has 5 heteroatoms. The van der Waals surface area contributed by atoms with Crippen LogP contribution in [-0.4, -0.2) is 35.3 Å². The maximum absolute atomic E-state index is 13.1. The van der Waals surface area contributed by atoms with Crippen LogP contribution in [0.25, 0.3) is 0 Å². The second kappa shape index (κ2) is 11.6. The molecule has 2 aromatic carbocycles. The van der Waals surface area contributed by atoms with E-state index in [9.17, 15) is 9.59 Å². The average molecular weight is 415 g/mol. The van der Waals surface area contributed by atoms with Gasteiger partial charge < -0.3 is 10.2 Å². The highest BCUT2D eigenvalue weighted by molar-refractivity contribution is 6.31. The van der Waals surface area contributed by atoms with Crippen LogP contribution < -0.4 is 5.32 Å². The Morgan fingerprint density at radius 1 is 1.00 bits per heavy atom. The van der Waals surface area contributed by atoms with Gasteiger partial charge in [0.2, 0.25) is 11.8 Å². The molecule has 29 heavy (non-hydrogen) atoms. The van der Waals surface area contributed by atoms with Gasteiger partial charge in [0.15, 0.2) is 0 Å². The van der Waals surface area contributed by atoms with Crippen LogP contribution in [0.3, 0.4) is 0 Å². The van der Waals surface area contributed by atoms with E-state index in [1.165, 1.54) is 0 Å². The number of hydrogen-bond acceptors (Lipinski definition) is 2. The fourth-order valence-electron chi connectivity index (χ4n) is 3.36. The zero-order valence-electron chi connectivity index (χ0n) is 17.5.